The largest absolute Gasteiger partial charge is 0.510 e. The van der Waals surface area contributed by atoms with Crippen molar-refractivity contribution < 1.29 is 57.4 Å². The molecule has 1 aliphatic heterocycles. The highest BCUT2D eigenvalue weighted by Gasteiger charge is 2.44. The molecular weight excluding hydrogens is 444 g/mol. The van der Waals surface area contributed by atoms with E-state index in [9.17, 15) is 14.4 Å². The molecule has 0 bridgehead atoms. The van der Waals surface area contributed by atoms with Crippen LogP contribution in [0.2, 0.25) is 0 Å². The SMILES string of the molecule is C=C(O)COCCOCCOCCOC1CC(OC(C)=O)C(OC(C)=O)C(COC(C)=O)O1. The first-order valence-electron chi connectivity index (χ1n) is 10.5. The molecule has 1 saturated heterocycles. The molecule has 0 amide bonds. The fraction of sp³-hybridized carbons (Fsp3) is 0.762. The third-order valence-corrected chi connectivity index (χ3v) is 4.10. The van der Waals surface area contributed by atoms with Gasteiger partial charge in [0.25, 0.3) is 0 Å². The van der Waals surface area contributed by atoms with E-state index in [2.05, 4.69) is 6.58 Å². The number of hydrogen-bond donors (Lipinski definition) is 1. The summed E-state index contributed by atoms with van der Waals surface area (Å²) in [6.45, 7) is 8.67. The van der Waals surface area contributed by atoms with Gasteiger partial charge in [0.1, 0.15) is 31.2 Å². The van der Waals surface area contributed by atoms with Gasteiger partial charge in [0.15, 0.2) is 12.4 Å². The number of aliphatic hydroxyl groups is 1. The van der Waals surface area contributed by atoms with Crippen molar-refractivity contribution >= 4 is 17.9 Å². The van der Waals surface area contributed by atoms with Crippen molar-refractivity contribution in [1.29, 1.82) is 0 Å². The van der Waals surface area contributed by atoms with Crippen LogP contribution in [-0.2, 0) is 52.3 Å². The average Bonchev–Trinajstić information content (AvgIpc) is 2.71. The molecule has 190 valence electrons. The zero-order valence-corrected chi connectivity index (χ0v) is 19.3. The van der Waals surface area contributed by atoms with E-state index in [1.54, 1.807) is 0 Å². The van der Waals surface area contributed by atoms with Crippen molar-refractivity contribution in [3.8, 4) is 0 Å². The minimum Gasteiger partial charge on any atom is -0.510 e. The molecule has 0 aliphatic carbocycles. The number of aliphatic hydroxyl groups excluding tert-OH is 1. The van der Waals surface area contributed by atoms with Crippen LogP contribution in [0.4, 0.5) is 0 Å². The van der Waals surface area contributed by atoms with Crippen LogP contribution in [-0.4, -0.2) is 100 Å². The molecule has 12 heteroatoms. The lowest BCUT2D eigenvalue weighted by molar-refractivity contribution is -0.267. The summed E-state index contributed by atoms with van der Waals surface area (Å²) in [5.41, 5.74) is 0. The number of esters is 3. The molecule has 0 spiro atoms. The maximum Gasteiger partial charge on any atom is 0.303 e. The van der Waals surface area contributed by atoms with Crippen molar-refractivity contribution in [3.05, 3.63) is 12.3 Å². The standard InChI is InChI=1S/C21H34O12/c1-14(22)12-28-8-7-26-5-6-27-9-10-29-20-11-18(31-16(3)24)21(32-17(4)25)19(33-20)13-30-15(2)23/h18-22H,1,5-13H2,2-4H3. The van der Waals surface area contributed by atoms with Crippen LogP contribution < -0.4 is 0 Å². The first-order valence-corrected chi connectivity index (χ1v) is 10.5. The number of carbonyl (C=O) groups is 3. The van der Waals surface area contributed by atoms with Crippen LogP contribution in [0.25, 0.3) is 0 Å². The molecule has 1 N–H and O–H groups in total. The van der Waals surface area contributed by atoms with E-state index in [0.29, 0.717) is 26.4 Å². The second-order valence-electron chi connectivity index (χ2n) is 7.08. The monoisotopic (exact) mass is 478 g/mol. The molecule has 0 aromatic rings. The molecule has 0 saturated carbocycles. The van der Waals surface area contributed by atoms with Crippen molar-refractivity contribution in [1.82, 2.24) is 0 Å². The summed E-state index contributed by atoms with van der Waals surface area (Å²) in [5.74, 6) is -1.72. The van der Waals surface area contributed by atoms with Gasteiger partial charge in [-0.3, -0.25) is 14.4 Å². The van der Waals surface area contributed by atoms with Gasteiger partial charge in [0.2, 0.25) is 0 Å². The van der Waals surface area contributed by atoms with Gasteiger partial charge in [0, 0.05) is 27.2 Å². The lowest BCUT2D eigenvalue weighted by Gasteiger charge is -2.39. The minimum atomic E-state index is -0.946. The zero-order valence-electron chi connectivity index (χ0n) is 19.3. The molecule has 1 rings (SSSR count). The van der Waals surface area contributed by atoms with Crippen LogP contribution in [0, 0.1) is 0 Å². The predicted octanol–water partition coefficient (Wildman–Crippen LogP) is 0.666. The normalized spacial score (nSPS) is 22.4. The maximum atomic E-state index is 11.5. The third-order valence-electron chi connectivity index (χ3n) is 4.10. The lowest BCUT2D eigenvalue weighted by Crippen LogP contribution is -2.54. The zero-order chi connectivity index (χ0) is 24.6. The molecule has 12 nitrogen and oxygen atoms in total. The Labute approximate surface area is 193 Å². The van der Waals surface area contributed by atoms with Crippen molar-refractivity contribution in [3.63, 3.8) is 0 Å². The van der Waals surface area contributed by atoms with E-state index >= 15 is 0 Å². The third kappa shape index (κ3) is 13.8. The highest BCUT2D eigenvalue weighted by atomic mass is 16.7. The Balaban J connectivity index is 2.40. The summed E-state index contributed by atoms with van der Waals surface area (Å²) in [4.78, 5) is 34.2. The van der Waals surface area contributed by atoms with Crippen molar-refractivity contribution in [2.75, 3.05) is 52.9 Å². The highest BCUT2D eigenvalue weighted by molar-refractivity contribution is 5.67. The Morgan fingerprint density at radius 3 is 2.00 bits per heavy atom. The summed E-state index contributed by atoms with van der Waals surface area (Å²) >= 11 is 0. The van der Waals surface area contributed by atoms with E-state index in [0.717, 1.165) is 0 Å². The van der Waals surface area contributed by atoms with E-state index in [-0.39, 0.29) is 38.6 Å². The fourth-order valence-corrected chi connectivity index (χ4v) is 2.87. The molecule has 1 fully saturated rings. The van der Waals surface area contributed by atoms with Gasteiger partial charge in [-0.05, 0) is 0 Å². The number of hydrogen-bond acceptors (Lipinski definition) is 12. The Morgan fingerprint density at radius 2 is 1.45 bits per heavy atom. The number of carbonyl (C=O) groups excluding carboxylic acids is 3. The van der Waals surface area contributed by atoms with Gasteiger partial charge in [0.05, 0.1) is 39.6 Å². The Kier molecular flexibility index (Phi) is 14.3. The van der Waals surface area contributed by atoms with Gasteiger partial charge in [-0.2, -0.15) is 0 Å². The van der Waals surface area contributed by atoms with Crippen molar-refractivity contribution in [2.24, 2.45) is 0 Å². The molecule has 0 aromatic carbocycles. The molecule has 1 aliphatic rings. The topological polar surface area (TPSA) is 145 Å². The van der Waals surface area contributed by atoms with E-state index in [1.807, 2.05) is 0 Å². The van der Waals surface area contributed by atoms with Crippen molar-refractivity contribution in [2.45, 2.75) is 51.8 Å². The number of rotatable bonds is 16. The van der Waals surface area contributed by atoms with Gasteiger partial charge in [-0.1, -0.05) is 6.58 Å². The van der Waals surface area contributed by atoms with Crippen LogP contribution >= 0.6 is 0 Å². The molecule has 33 heavy (non-hydrogen) atoms. The second kappa shape index (κ2) is 16.4. The Morgan fingerprint density at radius 1 is 0.879 bits per heavy atom. The molecule has 4 atom stereocenters. The van der Waals surface area contributed by atoms with E-state index in [4.69, 9.17) is 43.0 Å². The summed E-state index contributed by atoms with van der Waals surface area (Å²) in [5, 5.41) is 8.87. The first-order chi connectivity index (χ1) is 15.7. The smallest absolute Gasteiger partial charge is 0.303 e. The van der Waals surface area contributed by atoms with Gasteiger partial charge >= 0.3 is 17.9 Å². The number of ether oxygens (including phenoxy) is 8. The highest BCUT2D eigenvalue weighted by Crippen LogP contribution is 2.27. The summed E-state index contributed by atoms with van der Waals surface area (Å²) in [6, 6.07) is 0. The first kappa shape index (κ1) is 28.8. The minimum absolute atomic E-state index is 0.0425. The van der Waals surface area contributed by atoms with Crippen LogP contribution in [0.15, 0.2) is 12.3 Å². The Bertz CT molecular complexity index is 622. The fourth-order valence-electron chi connectivity index (χ4n) is 2.87. The summed E-state index contributed by atoms with van der Waals surface area (Å²) in [6.07, 6.45) is -3.32. The second-order valence-corrected chi connectivity index (χ2v) is 7.08. The van der Waals surface area contributed by atoms with Gasteiger partial charge < -0.3 is 43.0 Å². The predicted molar refractivity (Wildman–Crippen MR) is 111 cm³/mol. The maximum absolute atomic E-state index is 11.5. The van der Waals surface area contributed by atoms with E-state index < -0.39 is 42.5 Å². The van der Waals surface area contributed by atoms with Crippen LogP contribution in [0.5, 0.6) is 0 Å². The molecular formula is C21H34O12. The molecule has 0 aromatic heterocycles. The van der Waals surface area contributed by atoms with Crippen LogP contribution in [0.3, 0.4) is 0 Å². The average molecular weight is 478 g/mol. The van der Waals surface area contributed by atoms with Gasteiger partial charge in [-0.25, -0.2) is 0 Å². The summed E-state index contributed by atoms with van der Waals surface area (Å²) < 4.78 is 42.8. The Hall–Kier alpha value is -2.25. The van der Waals surface area contributed by atoms with Crippen LogP contribution in [0.1, 0.15) is 27.2 Å². The summed E-state index contributed by atoms with van der Waals surface area (Å²) in [7, 11) is 0. The van der Waals surface area contributed by atoms with E-state index in [1.165, 1.54) is 20.8 Å². The molecule has 4 unspecified atom stereocenters. The lowest BCUT2D eigenvalue weighted by atomic mass is 10.0. The molecule has 1 heterocycles. The van der Waals surface area contributed by atoms with Gasteiger partial charge in [-0.15, -0.1) is 0 Å². The quantitative estimate of drug-likeness (QED) is 0.144. The molecule has 0 radical (unpaired) electrons.